The third-order valence-corrected chi connectivity index (χ3v) is 17.5. The Morgan fingerprint density at radius 2 is 0.500 bits per heavy atom. The van der Waals surface area contributed by atoms with E-state index in [9.17, 15) is 43.2 Å². The second kappa shape index (κ2) is 75.6. The van der Waals surface area contributed by atoms with Crippen molar-refractivity contribution in [1.82, 2.24) is 0 Å². The van der Waals surface area contributed by atoms with E-state index < -0.39 is 97.5 Å². The highest BCUT2D eigenvalue weighted by Gasteiger charge is 2.30. The summed E-state index contributed by atoms with van der Waals surface area (Å²) < 4.78 is 68.5. The maximum Gasteiger partial charge on any atom is 0.472 e. The van der Waals surface area contributed by atoms with Gasteiger partial charge in [-0.1, -0.05) is 262 Å². The van der Waals surface area contributed by atoms with Gasteiger partial charge in [-0.15, -0.1) is 0 Å². The molecule has 0 aliphatic carbocycles. The standard InChI is InChI=1S/C85H138O17P2/c1-5-9-13-17-21-25-29-33-36-38-39-41-44-47-50-54-58-62-66-70-83(88)95-75-80(101-84(89)71-67-63-59-55-51-45-32-28-24-20-16-12-8-4)77-99-103(91,92)97-73-79(86)74-98-104(93,94)100-78-81(102-85(90)72-68-64-60-56-52-48-42-35-31-27-23-19-15-11-7-3)76-96-82(87)69-65-61-57-53-49-46-43-40-37-34-30-26-22-18-14-10-6-2/h9-11,13-16,20-23,25-28,32-37,39,41-43,46,52,56,79-81,86H,5-8,12,17-19,24,29-31,38,40,44-45,47-51,53-55,57-78H2,1-4H3,(H,91,92)(H,93,94)/b13-9-,14-10-,15-11-,20-16-,25-21-,26-22-,27-23-,32-28-,36-33-,37-34-,41-39-,42-35-,46-43-,56-52-. The molecule has 0 aromatic rings. The topological polar surface area (TPSA) is 237 Å². The molecule has 0 aliphatic rings. The molecule has 19 heteroatoms. The lowest BCUT2D eigenvalue weighted by molar-refractivity contribution is -0.161. The summed E-state index contributed by atoms with van der Waals surface area (Å²) in [7, 11) is -10.00. The zero-order valence-corrected chi connectivity index (χ0v) is 66.2. The number of phosphoric ester groups is 2. The first-order valence-corrected chi connectivity index (χ1v) is 42.4. The highest BCUT2D eigenvalue weighted by Crippen LogP contribution is 2.45. The minimum absolute atomic E-state index is 0.0306. The molecule has 0 amide bonds. The molecule has 0 spiro atoms. The average Bonchev–Trinajstić information content (AvgIpc) is 0.939. The molecule has 5 atom stereocenters. The molecule has 3 N–H and O–H groups in total. The number of allylic oxidation sites excluding steroid dienone is 28. The fourth-order valence-corrected chi connectivity index (χ4v) is 11.3. The Morgan fingerprint density at radius 3 is 0.788 bits per heavy atom. The van der Waals surface area contributed by atoms with Gasteiger partial charge >= 0.3 is 39.5 Å². The molecule has 0 saturated carbocycles. The van der Waals surface area contributed by atoms with Gasteiger partial charge in [0.25, 0.3) is 0 Å². The van der Waals surface area contributed by atoms with Gasteiger partial charge < -0.3 is 33.8 Å². The molecule has 0 radical (unpaired) electrons. The lowest BCUT2D eigenvalue weighted by Gasteiger charge is -2.21. The summed E-state index contributed by atoms with van der Waals surface area (Å²) in [6.45, 7) is 4.34. The van der Waals surface area contributed by atoms with E-state index in [4.69, 9.17) is 37.0 Å². The second-order valence-electron chi connectivity index (χ2n) is 25.5. The molecule has 0 heterocycles. The predicted molar refractivity (Wildman–Crippen MR) is 426 cm³/mol. The number of ether oxygens (including phenoxy) is 4. The first-order valence-electron chi connectivity index (χ1n) is 39.4. The lowest BCUT2D eigenvalue weighted by Crippen LogP contribution is -2.30. The van der Waals surface area contributed by atoms with Crippen molar-refractivity contribution in [3.63, 3.8) is 0 Å². The van der Waals surface area contributed by atoms with Gasteiger partial charge in [0.2, 0.25) is 0 Å². The largest absolute Gasteiger partial charge is 0.472 e. The summed E-state index contributed by atoms with van der Waals surface area (Å²) in [6, 6.07) is 0. The molecule has 0 aliphatic heterocycles. The monoisotopic (exact) mass is 1490 g/mol. The van der Waals surface area contributed by atoms with Crippen LogP contribution in [-0.2, 0) is 65.4 Å². The van der Waals surface area contributed by atoms with E-state index in [1.54, 1.807) is 0 Å². The van der Waals surface area contributed by atoms with Crippen LogP contribution in [-0.4, -0.2) is 96.7 Å². The Bertz CT molecular complexity index is 2640. The second-order valence-corrected chi connectivity index (χ2v) is 28.4. The third kappa shape index (κ3) is 74.7. The Morgan fingerprint density at radius 1 is 0.279 bits per heavy atom. The van der Waals surface area contributed by atoms with Crippen LogP contribution in [0.15, 0.2) is 170 Å². The summed E-state index contributed by atoms with van der Waals surface area (Å²) >= 11 is 0. The van der Waals surface area contributed by atoms with E-state index in [1.165, 1.54) is 0 Å². The van der Waals surface area contributed by atoms with Crippen molar-refractivity contribution >= 4 is 39.5 Å². The van der Waals surface area contributed by atoms with Crippen LogP contribution < -0.4 is 0 Å². The van der Waals surface area contributed by atoms with E-state index in [0.29, 0.717) is 32.1 Å². The highest BCUT2D eigenvalue weighted by molar-refractivity contribution is 7.47. The average molecular weight is 1490 g/mol. The molecule has 590 valence electrons. The Balaban J connectivity index is 5.43. The number of hydrogen-bond acceptors (Lipinski definition) is 15. The van der Waals surface area contributed by atoms with E-state index in [2.05, 4.69) is 198 Å². The summed E-state index contributed by atoms with van der Waals surface area (Å²) in [5.74, 6) is -2.29. The van der Waals surface area contributed by atoms with Crippen LogP contribution in [0.4, 0.5) is 0 Å². The summed E-state index contributed by atoms with van der Waals surface area (Å²) in [6.07, 6.45) is 89.1. The molecule has 17 nitrogen and oxygen atoms in total. The van der Waals surface area contributed by atoms with Gasteiger partial charge in [-0.3, -0.25) is 37.3 Å². The molecule has 104 heavy (non-hydrogen) atoms. The van der Waals surface area contributed by atoms with Gasteiger partial charge in [-0.05, 0) is 167 Å². The van der Waals surface area contributed by atoms with Gasteiger partial charge in [0.1, 0.15) is 19.3 Å². The van der Waals surface area contributed by atoms with Gasteiger partial charge in [-0.25, -0.2) is 9.13 Å². The lowest BCUT2D eigenvalue weighted by atomic mass is 10.1. The van der Waals surface area contributed by atoms with Crippen LogP contribution in [0.5, 0.6) is 0 Å². The molecule has 5 unspecified atom stereocenters. The zero-order valence-electron chi connectivity index (χ0n) is 64.4. The van der Waals surface area contributed by atoms with E-state index >= 15 is 0 Å². The van der Waals surface area contributed by atoms with Gasteiger partial charge in [0.15, 0.2) is 12.2 Å². The van der Waals surface area contributed by atoms with Gasteiger partial charge in [-0.2, -0.15) is 0 Å². The first kappa shape index (κ1) is 98.4. The van der Waals surface area contributed by atoms with Gasteiger partial charge in [0.05, 0.1) is 26.4 Å². The molecule has 0 fully saturated rings. The molecule has 0 bridgehead atoms. The third-order valence-electron chi connectivity index (χ3n) is 15.6. The highest BCUT2D eigenvalue weighted by atomic mass is 31.2. The fourth-order valence-electron chi connectivity index (χ4n) is 9.76. The summed E-state index contributed by atoms with van der Waals surface area (Å²) in [4.78, 5) is 73.0. The first-order chi connectivity index (χ1) is 50.7. The number of unbranched alkanes of at least 4 members (excludes halogenated alkanes) is 18. The van der Waals surface area contributed by atoms with Gasteiger partial charge in [0, 0.05) is 25.7 Å². The Labute approximate surface area is 629 Å². The van der Waals surface area contributed by atoms with Crippen molar-refractivity contribution < 1.29 is 80.2 Å². The maximum atomic E-state index is 13.1. The van der Waals surface area contributed by atoms with Crippen molar-refractivity contribution in [1.29, 1.82) is 0 Å². The number of aliphatic hydroxyl groups excluding tert-OH is 1. The predicted octanol–water partition coefficient (Wildman–Crippen LogP) is 23.0. The maximum absolute atomic E-state index is 13.1. The van der Waals surface area contributed by atoms with Crippen LogP contribution >= 0.6 is 15.6 Å². The van der Waals surface area contributed by atoms with Crippen LogP contribution in [0.25, 0.3) is 0 Å². The van der Waals surface area contributed by atoms with E-state index in [1.807, 2.05) is 0 Å². The molecule has 0 saturated heterocycles. The van der Waals surface area contributed by atoms with Crippen LogP contribution in [0.2, 0.25) is 0 Å². The van der Waals surface area contributed by atoms with Crippen LogP contribution in [0.3, 0.4) is 0 Å². The number of phosphoric acid groups is 2. The van der Waals surface area contributed by atoms with Crippen molar-refractivity contribution in [2.24, 2.45) is 0 Å². The minimum Gasteiger partial charge on any atom is -0.462 e. The molecule has 0 rings (SSSR count). The molecular weight excluding hydrogens is 1350 g/mol. The number of carbonyl (C=O) groups excluding carboxylic acids is 4. The summed E-state index contributed by atoms with van der Waals surface area (Å²) in [5, 5.41) is 10.6. The quantitative estimate of drug-likeness (QED) is 0.0169. The molecular formula is C85H138O17P2. The Kier molecular flexibility index (Phi) is 71.6. The van der Waals surface area contributed by atoms with E-state index in [0.717, 1.165) is 199 Å². The van der Waals surface area contributed by atoms with Crippen molar-refractivity contribution in [2.75, 3.05) is 39.6 Å². The fraction of sp³-hybridized carbons (Fsp3) is 0.624. The number of aliphatic hydroxyl groups is 1. The number of carbonyl (C=O) groups is 4. The number of rotatable bonds is 72. The van der Waals surface area contributed by atoms with Crippen LogP contribution in [0.1, 0.15) is 285 Å². The smallest absolute Gasteiger partial charge is 0.462 e. The molecule has 0 aromatic carbocycles. The van der Waals surface area contributed by atoms with Crippen LogP contribution in [0, 0.1) is 0 Å². The SMILES string of the molecule is CC/C=C\C/C=C\C/C=C\C/C=C\CCCCCCCCC(=O)OCC(COP(=O)(O)OCC(O)COP(=O)(O)OCC(COC(=O)CCCCCC/C=C\C/C=C\C/C=C\C/C=C\CC)OC(=O)CCCC/C=C\C/C=C\C/C=C\C/C=C\CC)OC(=O)CCCCCCC/C=C\C/C=C\CCC. The minimum atomic E-state index is -5.00. The zero-order chi connectivity index (χ0) is 76.0. The van der Waals surface area contributed by atoms with Crippen molar-refractivity contribution in [2.45, 2.75) is 303 Å². The number of esters is 4. The summed E-state index contributed by atoms with van der Waals surface area (Å²) in [5.41, 5.74) is 0. The van der Waals surface area contributed by atoms with E-state index in [-0.39, 0.29) is 25.7 Å². The molecule has 0 aromatic heterocycles. The normalized spacial score (nSPS) is 14.8. The van der Waals surface area contributed by atoms with Crippen molar-refractivity contribution in [3.05, 3.63) is 170 Å². The van der Waals surface area contributed by atoms with Crippen molar-refractivity contribution in [3.8, 4) is 0 Å². The number of hydrogen-bond donors (Lipinski definition) is 3. The Hall–Kier alpha value is -5.58.